The van der Waals surface area contributed by atoms with E-state index >= 15 is 0 Å². The molecular formula is C3H7N2NaO2. The average molecular weight is 126 g/mol. The topological polar surface area (TPSA) is 66.4 Å². The summed E-state index contributed by atoms with van der Waals surface area (Å²) in [5.74, 6) is 0. The molecule has 0 spiro atoms. The first-order valence-electron chi connectivity index (χ1n) is 1.89. The second-order valence-electron chi connectivity index (χ2n) is 0.847. The zero-order valence-corrected chi connectivity index (χ0v) is 7.05. The van der Waals surface area contributed by atoms with Crippen LogP contribution in [0.4, 0.5) is 4.79 Å². The average Bonchev–Trinajstić information content (AvgIpc) is 1.61. The molecule has 0 unspecified atom stereocenters. The van der Waals surface area contributed by atoms with Crippen LogP contribution in [0.5, 0.6) is 0 Å². The van der Waals surface area contributed by atoms with Gasteiger partial charge in [-0.15, -0.1) is 0 Å². The van der Waals surface area contributed by atoms with Gasteiger partial charge in [-0.05, 0) is 6.92 Å². The number of rotatable bonds is 2. The van der Waals surface area contributed by atoms with Crippen molar-refractivity contribution in [1.29, 1.82) is 0 Å². The number of nitrogens with zero attached hydrogens (tertiary/aromatic N) is 1. The summed E-state index contributed by atoms with van der Waals surface area (Å²) < 4.78 is 0. The van der Waals surface area contributed by atoms with Gasteiger partial charge in [-0.25, -0.2) is 0 Å². The molecule has 0 atom stereocenters. The second-order valence-corrected chi connectivity index (χ2v) is 0.847. The number of hydroxylamine groups is 1. The van der Waals surface area contributed by atoms with Crippen molar-refractivity contribution in [3.8, 4) is 0 Å². The summed E-state index contributed by atoms with van der Waals surface area (Å²) in [5, 5.41) is 0. The van der Waals surface area contributed by atoms with Crippen molar-refractivity contribution in [3.63, 3.8) is 0 Å². The first-order valence-corrected chi connectivity index (χ1v) is 1.89. The third-order valence-corrected chi connectivity index (χ3v) is 0.284. The van der Waals surface area contributed by atoms with Gasteiger partial charge in [0.25, 0.3) is 0 Å². The fourth-order valence-corrected chi connectivity index (χ4v) is 0.128. The van der Waals surface area contributed by atoms with Gasteiger partial charge in [-0.2, -0.15) is 0 Å². The molecule has 2 amide bonds. The van der Waals surface area contributed by atoms with Crippen LogP contribution in [-0.4, -0.2) is 12.6 Å². The molecule has 8 heavy (non-hydrogen) atoms. The molecule has 4 nitrogen and oxygen atoms in total. The van der Waals surface area contributed by atoms with E-state index in [9.17, 15) is 4.79 Å². The molecule has 0 saturated carbocycles. The smallest absolute Gasteiger partial charge is 0.461 e. The minimum atomic E-state index is -0.790. The first kappa shape index (κ1) is 11.1. The molecule has 0 aromatic heterocycles. The van der Waals surface area contributed by atoms with Gasteiger partial charge in [0, 0.05) is 6.61 Å². The number of hydrogen-bond donors (Lipinski definition) is 1. The van der Waals surface area contributed by atoms with Crippen LogP contribution in [-0.2, 0) is 4.84 Å². The number of amides is 2. The minimum Gasteiger partial charge on any atom is -0.461 e. The van der Waals surface area contributed by atoms with Crippen molar-refractivity contribution in [2.75, 3.05) is 6.61 Å². The Hall–Kier alpha value is 0.230. The quantitative estimate of drug-likeness (QED) is 0.325. The van der Waals surface area contributed by atoms with E-state index in [1.807, 2.05) is 0 Å². The molecule has 0 heterocycles. The Balaban J connectivity index is 0. The summed E-state index contributed by atoms with van der Waals surface area (Å²) in [7, 11) is 0. The van der Waals surface area contributed by atoms with Crippen LogP contribution in [0.15, 0.2) is 0 Å². The molecule has 0 aromatic rings. The Bertz CT molecular complexity index is 68.3. The maximum atomic E-state index is 9.69. The van der Waals surface area contributed by atoms with Crippen LogP contribution in [0.3, 0.4) is 0 Å². The Kier molecular flexibility index (Phi) is 10.0. The van der Waals surface area contributed by atoms with Gasteiger partial charge < -0.3 is 16.1 Å². The van der Waals surface area contributed by atoms with Crippen LogP contribution < -0.4 is 35.3 Å². The van der Waals surface area contributed by atoms with E-state index in [0.717, 1.165) is 0 Å². The van der Waals surface area contributed by atoms with Crippen LogP contribution in [0.25, 0.3) is 5.48 Å². The fraction of sp³-hybridized carbons (Fsp3) is 0.667. The summed E-state index contributed by atoms with van der Waals surface area (Å²) in [5.41, 5.74) is 7.43. The SMILES string of the molecule is CCO[N-]C(N)=O.[Na+]. The van der Waals surface area contributed by atoms with Crippen molar-refractivity contribution < 1.29 is 39.2 Å². The molecule has 0 rings (SSSR count). The van der Waals surface area contributed by atoms with Gasteiger partial charge in [-0.3, -0.25) is 4.79 Å². The number of carbonyl (C=O) groups is 1. The second kappa shape index (κ2) is 7.23. The van der Waals surface area contributed by atoms with Crippen molar-refractivity contribution in [3.05, 3.63) is 5.48 Å². The summed E-state index contributed by atoms with van der Waals surface area (Å²) >= 11 is 0. The Morgan fingerprint density at radius 2 is 2.38 bits per heavy atom. The van der Waals surface area contributed by atoms with Crippen molar-refractivity contribution in [1.82, 2.24) is 0 Å². The molecule has 0 radical (unpaired) electrons. The van der Waals surface area contributed by atoms with E-state index in [4.69, 9.17) is 0 Å². The zero-order chi connectivity index (χ0) is 5.70. The van der Waals surface area contributed by atoms with Gasteiger partial charge >= 0.3 is 29.6 Å². The van der Waals surface area contributed by atoms with E-state index in [2.05, 4.69) is 16.1 Å². The monoisotopic (exact) mass is 126 g/mol. The Labute approximate surface area is 70.0 Å². The third kappa shape index (κ3) is 9.52. The van der Waals surface area contributed by atoms with Gasteiger partial charge in [-0.1, -0.05) is 0 Å². The van der Waals surface area contributed by atoms with Crippen molar-refractivity contribution in [2.45, 2.75) is 6.92 Å². The molecule has 0 aromatic carbocycles. The molecule has 0 fully saturated rings. The van der Waals surface area contributed by atoms with E-state index in [0.29, 0.717) is 6.61 Å². The molecule has 0 aliphatic rings. The summed E-state index contributed by atoms with van der Waals surface area (Å²) in [4.78, 5) is 13.9. The third-order valence-electron chi connectivity index (χ3n) is 0.284. The standard InChI is InChI=1S/C3H8N2O2.Na/c1-2-7-5-3(4)6;/h2H2,1H3,(H3,4,5,6);/q;+1/p-1. The van der Waals surface area contributed by atoms with E-state index in [1.165, 1.54) is 0 Å². The largest absolute Gasteiger partial charge is 1.00 e. The van der Waals surface area contributed by atoms with E-state index in [1.54, 1.807) is 6.92 Å². The van der Waals surface area contributed by atoms with Crippen LogP contribution in [0, 0.1) is 0 Å². The van der Waals surface area contributed by atoms with Crippen LogP contribution >= 0.6 is 0 Å². The normalized spacial score (nSPS) is 7.12. The van der Waals surface area contributed by atoms with Crippen molar-refractivity contribution >= 4 is 6.03 Å². The summed E-state index contributed by atoms with van der Waals surface area (Å²) in [6.07, 6.45) is 0. The fourth-order valence-electron chi connectivity index (χ4n) is 0.128. The predicted molar refractivity (Wildman–Crippen MR) is 24.6 cm³/mol. The van der Waals surface area contributed by atoms with Gasteiger partial charge in [0.05, 0.1) is 0 Å². The molecule has 0 saturated heterocycles. The number of nitrogens with two attached hydrogens (primary N) is 1. The molecule has 42 valence electrons. The van der Waals surface area contributed by atoms with E-state index < -0.39 is 6.03 Å². The number of hydrogen-bond acceptors (Lipinski definition) is 2. The summed E-state index contributed by atoms with van der Waals surface area (Å²) in [6.45, 7) is 2.09. The first-order chi connectivity index (χ1) is 3.27. The van der Waals surface area contributed by atoms with Crippen molar-refractivity contribution in [2.24, 2.45) is 5.73 Å². The zero-order valence-electron chi connectivity index (χ0n) is 5.05. The van der Waals surface area contributed by atoms with Gasteiger partial charge in [0.15, 0.2) is 6.03 Å². The molecule has 0 aliphatic heterocycles. The van der Waals surface area contributed by atoms with E-state index in [-0.39, 0.29) is 29.6 Å². The van der Waals surface area contributed by atoms with Gasteiger partial charge in [0.2, 0.25) is 0 Å². The molecule has 0 aliphatic carbocycles. The minimum absolute atomic E-state index is 0. The molecule has 0 bridgehead atoms. The molecule has 5 heteroatoms. The summed E-state index contributed by atoms with van der Waals surface area (Å²) in [6, 6.07) is -0.790. The number of carbonyl (C=O) groups excluding carboxylic acids is 1. The maximum absolute atomic E-state index is 9.69. The number of primary amides is 1. The van der Waals surface area contributed by atoms with Crippen LogP contribution in [0.2, 0.25) is 0 Å². The Morgan fingerprint density at radius 1 is 1.88 bits per heavy atom. The predicted octanol–water partition coefficient (Wildman–Crippen LogP) is -2.61. The Morgan fingerprint density at radius 3 is 2.50 bits per heavy atom. The molecular weight excluding hydrogens is 119 g/mol. The van der Waals surface area contributed by atoms with Crippen LogP contribution in [0.1, 0.15) is 6.92 Å². The number of urea groups is 1. The maximum Gasteiger partial charge on any atom is 1.00 e. The molecule has 2 N–H and O–H groups in total. The van der Waals surface area contributed by atoms with Gasteiger partial charge in [0.1, 0.15) is 0 Å².